The van der Waals surface area contributed by atoms with Gasteiger partial charge in [0.2, 0.25) is 11.8 Å². The third kappa shape index (κ3) is 6.28. The van der Waals surface area contributed by atoms with Crippen molar-refractivity contribution in [1.29, 1.82) is 0 Å². The SMILES string of the molecule is COc1ccc2nc3c(nc2c1)O[C@H]1CN(C(=O)[C@H](C2(C)CCOCC2)NC(=O)O[C@@H]2C[C@H]2CCCCC3(F)F)[C@H](C=O)[C@@H]1C. The van der Waals surface area contributed by atoms with Gasteiger partial charge in [0, 0.05) is 37.0 Å². The average molecular weight is 631 g/mol. The second kappa shape index (κ2) is 12.3. The highest BCUT2D eigenvalue weighted by Crippen LogP contribution is 2.43. The molecule has 2 saturated heterocycles. The van der Waals surface area contributed by atoms with Gasteiger partial charge in [0.25, 0.3) is 5.92 Å². The van der Waals surface area contributed by atoms with Crippen molar-refractivity contribution < 1.29 is 42.1 Å². The van der Waals surface area contributed by atoms with Crippen LogP contribution < -0.4 is 14.8 Å². The van der Waals surface area contributed by atoms with Crippen molar-refractivity contribution in [3.63, 3.8) is 0 Å². The number of alkyl halides is 2. The monoisotopic (exact) mass is 630 g/mol. The summed E-state index contributed by atoms with van der Waals surface area (Å²) in [6.07, 6.45) is 1.36. The number of nitrogens with zero attached hydrogens (tertiary/aromatic N) is 3. The Bertz CT molecular complexity index is 1450. The lowest BCUT2D eigenvalue weighted by Gasteiger charge is -2.41. The number of hydrogen-bond acceptors (Lipinski definition) is 9. The van der Waals surface area contributed by atoms with E-state index in [1.807, 2.05) is 6.92 Å². The number of hydrogen-bond donors (Lipinski definition) is 1. The molecule has 11 nitrogen and oxygen atoms in total. The number of carbonyl (C=O) groups excluding carboxylic acids is 3. The number of aromatic nitrogens is 2. The fraction of sp³-hybridized carbons (Fsp3) is 0.656. The standard InChI is InChI=1S/C32H40F2N4O7/c1-18-23(17-39)38-16-25(18)44-28-26(35-21-8-7-20(42-3)15-22(21)36-28)32(33,34)9-5-4-6-19-14-24(19)45-30(41)37-27(29(38)40)31(2)10-12-43-13-11-31/h7-8,15,17-19,23-25,27H,4-6,9-14,16H2,1-3H3,(H,37,41)/t18-,19+,23+,24+,25-,27+/m0/s1. The highest BCUT2D eigenvalue weighted by atomic mass is 19.3. The van der Waals surface area contributed by atoms with E-state index >= 15 is 8.78 Å². The van der Waals surface area contributed by atoms with Crippen LogP contribution in [-0.4, -0.2) is 84.3 Å². The number of benzene rings is 1. The molecule has 1 N–H and O–H groups in total. The number of amides is 2. The van der Waals surface area contributed by atoms with Gasteiger partial charge in [-0.15, -0.1) is 0 Å². The number of ether oxygens (including phenoxy) is 4. The molecular formula is C32H40F2N4O7. The van der Waals surface area contributed by atoms with Gasteiger partial charge in [-0.25, -0.2) is 14.8 Å². The lowest BCUT2D eigenvalue weighted by atomic mass is 9.75. The second-order valence-electron chi connectivity index (χ2n) is 13.1. The molecule has 1 aromatic carbocycles. The molecule has 13 heteroatoms. The van der Waals surface area contributed by atoms with E-state index in [1.165, 1.54) is 12.0 Å². The first kappa shape index (κ1) is 31.4. The second-order valence-corrected chi connectivity index (χ2v) is 13.1. The zero-order valence-corrected chi connectivity index (χ0v) is 25.8. The van der Waals surface area contributed by atoms with Crippen LogP contribution in [0.25, 0.3) is 11.0 Å². The lowest BCUT2D eigenvalue weighted by Crippen LogP contribution is -2.59. The van der Waals surface area contributed by atoms with Gasteiger partial charge in [0.15, 0.2) is 5.69 Å². The summed E-state index contributed by atoms with van der Waals surface area (Å²) in [4.78, 5) is 50.0. The molecule has 0 spiro atoms. The number of halogens is 2. The number of alkyl carbamates (subject to hydrolysis) is 1. The first-order valence-corrected chi connectivity index (χ1v) is 15.7. The van der Waals surface area contributed by atoms with E-state index < -0.39 is 59.6 Å². The van der Waals surface area contributed by atoms with Gasteiger partial charge in [-0.2, -0.15) is 8.78 Å². The van der Waals surface area contributed by atoms with Crippen LogP contribution in [0.15, 0.2) is 18.2 Å². The Kier molecular flexibility index (Phi) is 8.57. The van der Waals surface area contributed by atoms with Crippen LogP contribution in [0, 0.1) is 17.3 Å². The Morgan fingerprint density at radius 3 is 2.58 bits per heavy atom. The Morgan fingerprint density at radius 1 is 1.07 bits per heavy atom. The molecule has 2 amide bonds. The van der Waals surface area contributed by atoms with Crippen molar-refractivity contribution in [2.45, 2.75) is 89.0 Å². The minimum absolute atomic E-state index is 0.0727. The average Bonchev–Trinajstić information content (AvgIpc) is 3.68. The zero-order valence-electron chi connectivity index (χ0n) is 25.8. The number of carbonyl (C=O) groups is 3. The third-order valence-corrected chi connectivity index (χ3v) is 10.0. The summed E-state index contributed by atoms with van der Waals surface area (Å²) >= 11 is 0. The molecule has 3 fully saturated rings. The van der Waals surface area contributed by atoms with Gasteiger partial charge in [-0.1, -0.05) is 20.3 Å². The van der Waals surface area contributed by atoms with E-state index in [0.29, 0.717) is 62.9 Å². The van der Waals surface area contributed by atoms with Crippen molar-refractivity contribution in [3.05, 3.63) is 23.9 Å². The van der Waals surface area contributed by atoms with Crippen molar-refractivity contribution in [2.24, 2.45) is 17.3 Å². The number of fused-ring (bicyclic) bond motifs is 5. The Morgan fingerprint density at radius 2 is 1.84 bits per heavy atom. The summed E-state index contributed by atoms with van der Waals surface area (Å²) < 4.78 is 54.5. The third-order valence-electron chi connectivity index (χ3n) is 10.0. The van der Waals surface area contributed by atoms with E-state index in [-0.39, 0.29) is 36.4 Å². The van der Waals surface area contributed by atoms with Crippen LogP contribution >= 0.6 is 0 Å². The van der Waals surface area contributed by atoms with Crippen molar-refractivity contribution in [2.75, 3.05) is 26.9 Å². The van der Waals surface area contributed by atoms with Gasteiger partial charge in [-0.05, 0) is 50.2 Å². The number of methoxy groups -OCH3 is 1. The summed E-state index contributed by atoms with van der Waals surface area (Å²) in [5, 5.41) is 2.84. The van der Waals surface area contributed by atoms with Gasteiger partial charge in [-0.3, -0.25) is 4.79 Å². The molecule has 3 aliphatic heterocycles. The molecule has 2 bridgehead atoms. The van der Waals surface area contributed by atoms with E-state index in [9.17, 15) is 14.4 Å². The number of aldehydes is 1. The molecule has 0 unspecified atom stereocenters. The molecule has 1 saturated carbocycles. The van der Waals surface area contributed by atoms with Crippen molar-refractivity contribution in [3.8, 4) is 11.6 Å². The topological polar surface area (TPSA) is 129 Å². The van der Waals surface area contributed by atoms with E-state index in [1.54, 1.807) is 25.1 Å². The van der Waals surface area contributed by atoms with Crippen LogP contribution in [0.3, 0.4) is 0 Å². The maximum Gasteiger partial charge on any atom is 0.408 e. The lowest BCUT2D eigenvalue weighted by molar-refractivity contribution is -0.142. The Balaban J connectivity index is 1.39. The van der Waals surface area contributed by atoms with E-state index in [0.717, 1.165) is 0 Å². The molecular weight excluding hydrogens is 590 g/mol. The van der Waals surface area contributed by atoms with E-state index in [4.69, 9.17) is 18.9 Å². The summed E-state index contributed by atoms with van der Waals surface area (Å²) in [5.41, 5.74) is -0.658. The predicted octanol–water partition coefficient (Wildman–Crippen LogP) is 4.40. The summed E-state index contributed by atoms with van der Waals surface area (Å²) in [6, 6.07) is 2.88. The Hall–Kier alpha value is -3.61. The first-order valence-electron chi connectivity index (χ1n) is 15.7. The van der Waals surface area contributed by atoms with Crippen LogP contribution in [-0.2, 0) is 25.0 Å². The molecule has 4 aliphatic rings. The fourth-order valence-electron chi connectivity index (χ4n) is 6.83. The summed E-state index contributed by atoms with van der Waals surface area (Å²) in [7, 11) is 1.49. The maximum absolute atomic E-state index is 15.9. The highest BCUT2D eigenvalue weighted by Gasteiger charge is 2.51. The van der Waals surface area contributed by atoms with Crippen LogP contribution in [0.1, 0.15) is 64.5 Å². The molecule has 6 rings (SSSR count). The van der Waals surface area contributed by atoms with Crippen LogP contribution in [0.4, 0.5) is 13.6 Å². The Labute approximate surface area is 260 Å². The minimum atomic E-state index is -3.36. The molecule has 0 radical (unpaired) electrons. The van der Waals surface area contributed by atoms with Crippen LogP contribution in [0.5, 0.6) is 11.6 Å². The van der Waals surface area contributed by atoms with Gasteiger partial charge in [0.1, 0.15) is 30.3 Å². The fourth-order valence-corrected chi connectivity index (χ4v) is 6.83. The van der Waals surface area contributed by atoms with E-state index in [2.05, 4.69) is 15.3 Å². The number of nitrogens with one attached hydrogen (secondary N) is 1. The normalized spacial score (nSPS) is 31.7. The van der Waals surface area contributed by atoms with Crippen molar-refractivity contribution in [1.82, 2.24) is 20.2 Å². The number of rotatable bonds is 3. The maximum atomic E-state index is 15.9. The first-order chi connectivity index (χ1) is 21.5. The van der Waals surface area contributed by atoms with Gasteiger partial charge < -0.3 is 34.0 Å². The molecule has 1 aromatic heterocycles. The molecule has 6 atom stereocenters. The predicted molar refractivity (Wildman–Crippen MR) is 157 cm³/mol. The molecule has 4 heterocycles. The van der Waals surface area contributed by atoms with Crippen molar-refractivity contribution >= 4 is 29.3 Å². The van der Waals surface area contributed by atoms with Gasteiger partial charge >= 0.3 is 6.09 Å². The quantitative estimate of drug-likeness (QED) is 0.491. The zero-order chi connectivity index (χ0) is 31.9. The largest absolute Gasteiger partial charge is 0.497 e. The molecule has 244 valence electrons. The molecule has 1 aliphatic carbocycles. The summed E-state index contributed by atoms with van der Waals surface area (Å²) in [5.74, 6) is -4.17. The van der Waals surface area contributed by atoms with Gasteiger partial charge in [0.05, 0.1) is 30.7 Å². The highest BCUT2D eigenvalue weighted by molar-refractivity contribution is 5.89. The van der Waals surface area contributed by atoms with Crippen LogP contribution in [0.2, 0.25) is 0 Å². The molecule has 45 heavy (non-hydrogen) atoms. The smallest absolute Gasteiger partial charge is 0.408 e. The minimum Gasteiger partial charge on any atom is -0.497 e. The molecule has 2 aromatic rings. The summed E-state index contributed by atoms with van der Waals surface area (Å²) in [6.45, 7) is 4.42.